The number of nitrogens with one attached hydrogen (secondary N) is 3. The molecule has 30 heavy (non-hydrogen) atoms. The molecule has 170 valence electrons. The van der Waals surface area contributed by atoms with Crippen molar-refractivity contribution in [2.75, 3.05) is 38.6 Å². The number of sulfonamides is 1. The molecule has 3 rings (SSSR count). The average Bonchev–Trinajstić information content (AvgIpc) is 2.73. The zero-order chi connectivity index (χ0) is 20.5. The minimum atomic E-state index is -3.39. The molecule has 0 bridgehead atoms. The second-order valence-electron chi connectivity index (χ2n) is 7.29. The fourth-order valence-electron chi connectivity index (χ4n) is 3.52. The van der Waals surface area contributed by atoms with Crippen LogP contribution in [0.25, 0.3) is 0 Å². The molecule has 2 heterocycles. The van der Waals surface area contributed by atoms with Crippen molar-refractivity contribution in [3.8, 4) is 5.75 Å². The zero-order valence-electron chi connectivity index (χ0n) is 17.4. The molecule has 1 saturated heterocycles. The third-order valence-electron chi connectivity index (χ3n) is 5.05. The average molecular weight is 552 g/mol. The number of ether oxygens (including phenoxy) is 2. The van der Waals surface area contributed by atoms with Crippen molar-refractivity contribution in [3.05, 3.63) is 29.8 Å². The molecule has 0 saturated carbocycles. The topological polar surface area (TPSA) is 101 Å². The summed E-state index contributed by atoms with van der Waals surface area (Å²) >= 11 is 0. The first-order valence-corrected chi connectivity index (χ1v) is 12.1. The Bertz CT molecular complexity index is 785. The van der Waals surface area contributed by atoms with E-state index in [1.807, 2.05) is 31.2 Å². The van der Waals surface area contributed by atoms with Gasteiger partial charge in [0.1, 0.15) is 5.75 Å². The Morgan fingerprint density at radius 1 is 1.20 bits per heavy atom. The Hall–Kier alpha value is -1.11. The molecule has 0 amide bonds. The smallest absolute Gasteiger partial charge is 0.213 e. The largest absolute Gasteiger partial charge is 0.493 e. The van der Waals surface area contributed by atoms with Gasteiger partial charge >= 0.3 is 0 Å². The monoisotopic (exact) mass is 552 g/mol. The van der Waals surface area contributed by atoms with Crippen molar-refractivity contribution >= 4 is 40.0 Å². The standard InChI is InChI=1S/C20H32N4O4S.HI/c1-2-21-20(24-18-10-13-28-19-9-4-3-8-17(18)19)22-11-14-29(25,26)23-15-16-7-5-6-12-27-16;/h3-4,8-9,16,18,23H,2,5-7,10-15H2,1H3,(H2,21,22,24);1H. The van der Waals surface area contributed by atoms with Crippen molar-refractivity contribution < 1.29 is 17.9 Å². The van der Waals surface area contributed by atoms with Crippen molar-refractivity contribution in [2.24, 2.45) is 4.99 Å². The number of hydrogen-bond acceptors (Lipinski definition) is 5. The molecule has 0 radical (unpaired) electrons. The van der Waals surface area contributed by atoms with Crippen LogP contribution in [0.15, 0.2) is 29.3 Å². The van der Waals surface area contributed by atoms with Crippen LogP contribution in [0.3, 0.4) is 0 Å². The highest BCUT2D eigenvalue weighted by Crippen LogP contribution is 2.31. The van der Waals surface area contributed by atoms with E-state index in [1.165, 1.54) is 0 Å². The van der Waals surface area contributed by atoms with Gasteiger partial charge in [-0.3, -0.25) is 4.99 Å². The van der Waals surface area contributed by atoms with Gasteiger partial charge in [0.25, 0.3) is 0 Å². The second kappa shape index (κ2) is 12.7. The zero-order valence-corrected chi connectivity index (χ0v) is 20.6. The summed E-state index contributed by atoms with van der Waals surface area (Å²) in [5.41, 5.74) is 1.09. The number of guanidine groups is 1. The molecule has 1 fully saturated rings. The van der Waals surface area contributed by atoms with Crippen molar-refractivity contribution in [1.29, 1.82) is 0 Å². The number of benzene rings is 1. The molecule has 10 heteroatoms. The van der Waals surface area contributed by atoms with Gasteiger partial charge in [0.15, 0.2) is 5.96 Å². The minimum absolute atomic E-state index is 0. The van der Waals surface area contributed by atoms with Gasteiger partial charge in [-0.1, -0.05) is 18.2 Å². The molecule has 2 unspecified atom stereocenters. The third-order valence-corrected chi connectivity index (χ3v) is 6.38. The van der Waals surface area contributed by atoms with Crippen LogP contribution in [-0.2, 0) is 14.8 Å². The Morgan fingerprint density at radius 3 is 2.80 bits per heavy atom. The Kier molecular flexibility index (Phi) is 10.6. The van der Waals surface area contributed by atoms with Gasteiger partial charge in [-0.15, -0.1) is 24.0 Å². The summed E-state index contributed by atoms with van der Waals surface area (Å²) in [5, 5.41) is 6.60. The van der Waals surface area contributed by atoms with Gasteiger partial charge in [0.05, 0.1) is 31.1 Å². The summed E-state index contributed by atoms with van der Waals surface area (Å²) < 4.78 is 38.5. The molecule has 0 aromatic heterocycles. The van der Waals surface area contributed by atoms with Gasteiger partial charge in [0.2, 0.25) is 10.0 Å². The Balaban J connectivity index is 0.00000320. The maximum absolute atomic E-state index is 12.3. The second-order valence-corrected chi connectivity index (χ2v) is 9.21. The van der Waals surface area contributed by atoms with E-state index in [0.29, 0.717) is 32.3 Å². The molecular weight excluding hydrogens is 519 g/mol. The SMILES string of the molecule is CCNC(=NCCS(=O)(=O)NCC1CCCCO1)NC1CCOc2ccccc21.I. The Morgan fingerprint density at radius 2 is 2.03 bits per heavy atom. The molecule has 0 aliphatic carbocycles. The van der Waals surface area contributed by atoms with Crippen LogP contribution in [0.1, 0.15) is 44.2 Å². The van der Waals surface area contributed by atoms with Crippen LogP contribution >= 0.6 is 24.0 Å². The lowest BCUT2D eigenvalue weighted by atomic mass is 10.0. The first-order chi connectivity index (χ1) is 14.1. The summed E-state index contributed by atoms with van der Waals surface area (Å²) in [5.74, 6) is 1.43. The summed E-state index contributed by atoms with van der Waals surface area (Å²) in [4.78, 5) is 4.46. The van der Waals surface area contributed by atoms with Crippen molar-refractivity contribution in [3.63, 3.8) is 0 Å². The summed E-state index contributed by atoms with van der Waals surface area (Å²) in [6, 6.07) is 8.02. The number of aliphatic imine (C=N–C) groups is 1. The highest BCUT2D eigenvalue weighted by atomic mass is 127. The lowest BCUT2D eigenvalue weighted by Gasteiger charge is -2.28. The molecule has 3 N–H and O–H groups in total. The fraction of sp³-hybridized carbons (Fsp3) is 0.650. The minimum Gasteiger partial charge on any atom is -0.493 e. The summed E-state index contributed by atoms with van der Waals surface area (Å²) in [6.07, 6.45) is 3.85. The van der Waals surface area contributed by atoms with Crippen LogP contribution in [-0.4, -0.2) is 59.1 Å². The first kappa shape index (κ1) is 25.2. The molecule has 0 spiro atoms. The molecule has 2 atom stereocenters. The van der Waals surface area contributed by atoms with E-state index in [9.17, 15) is 8.42 Å². The lowest BCUT2D eigenvalue weighted by molar-refractivity contribution is 0.0200. The van der Waals surface area contributed by atoms with Crippen molar-refractivity contribution in [1.82, 2.24) is 15.4 Å². The normalized spacial score (nSPS) is 21.7. The van der Waals surface area contributed by atoms with Gasteiger partial charge in [-0.05, 0) is 32.3 Å². The van der Waals surface area contributed by atoms with E-state index in [-0.39, 0.29) is 48.4 Å². The molecular formula is C20H33IN4O4S. The van der Waals surface area contributed by atoms with Gasteiger partial charge in [-0.2, -0.15) is 0 Å². The number of nitrogens with zero attached hydrogens (tertiary/aromatic N) is 1. The number of hydrogen-bond donors (Lipinski definition) is 3. The number of fused-ring (bicyclic) bond motifs is 1. The van der Waals surface area contributed by atoms with E-state index in [1.54, 1.807) is 0 Å². The van der Waals surface area contributed by atoms with Crippen LogP contribution in [0.2, 0.25) is 0 Å². The predicted octanol–water partition coefficient (Wildman–Crippen LogP) is 2.17. The molecule has 8 nitrogen and oxygen atoms in total. The Labute approximate surface area is 196 Å². The van der Waals surface area contributed by atoms with Gasteiger partial charge in [-0.25, -0.2) is 13.1 Å². The summed E-state index contributed by atoms with van der Waals surface area (Å²) in [7, 11) is -3.39. The van der Waals surface area contributed by atoms with Gasteiger partial charge < -0.3 is 20.1 Å². The highest BCUT2D eigenvalue weighted by Gasteiger charge is 2.22. The van der Waals surface area contributed by atoms with E-state index < -0.39 is 10.0 Å². The first-order valence-electron chi connectivity index (χ1n) is 10.4. The van der Waals surface area contributed by atoms with Crippen LogP contribution in [0, 0.1) is 0 Å². The van der Waals surface area contributed by atoms with E-state index >= 15 is 0 Å². The van der Waals surface area contributed by atoms with Crippen LogP contribution in [0.5, 0.6) is 5.75 Å². The van der Waals surface area contributed by atoms with Gasteiger partial charge in [0, 0.05) is 31.7 Å². The number of para-hydroxylation sites is 1. The number of rotatable bonds is 8. The lowest BCUT2D eigenvalue weighted by Crippen LogP contribution is -2.41. The highest BCUT2D eigenvalue weighted by molar-refractivity contribution is 14.0. The van der Waals surface area contributed by atoms with Crippen molar-refractivity contribution in [2.45, 2.75) is 44.8 Å². The van der Waals surface area contributed by atoms with Crippen LogP contribution < -0.4 is 20.1 Å². The molecule has 2 aliphatic heterocycles. The van der Waals surface area contributed by atoms with E-state index in [2.05, 4.69) is 20.3 Å². The fourth-order valence-corrected chi connectivity index (χ4v) is 4.43. The third kappa shape index (κ3) is 7.86. The summed E-state index contributed by atoms with van der Waals surface area (Å²) in [6.45, 7) is 4.54. The molecule has 1 aromatic carbocycles. The number of halogens is 1. The van der Waals surface area contributed by atoms with E-state index in [0.717, 1.165) is 37.0 Å². The maximum Gasteiger partial charge on any atom is 0.213 e. The quantitative estimate of drug-likeness (QED) is 0.260. The molecule has 2 aliphatic rings. The van der Waals surface area contributed by atoms with Crippen LogP contribution in [0.4, 0.5) is 0 Å². The maximum atomic E-state index is 12.3. The molecule has 1 aromatic rings. The predicted molar refractivity (Wildman–Crippen MR) is 129 cm³/mol. The van der Waals surface area contributed by atoms with E-state index in [4.69, 9.17) is 9.47 Å².